The zero-order valence-electron chi connectivity index (χ0n) is 9.36. The Kier molecular flexibility index (Phi) is 2.83. The molecular weight excluding hydrogens is 200 g/mol. The number of aromatic nitrogens is 2. The summed E-state index contributed by atoms with van der Waals surface area (Å²) in [6.07, 6.45) is 3.29. The molecule has 82 valence electrons. The summed E-state index contributed by atoms with van der Waals surface area (Å²) < 4.78 is 0. The quantitative estimate of drug-likeness (QED) is 0.593. The van der Waals surface area contributed by atoms with Gasteiger partial charge in [0.05, 0.1) is 0 Å². The van der Waals surface area contributed by atoms with Gasteiger partial charge in [0, 0.05) is 18.0 Å². The molecule has 0 amide bonds. The third kappa shape index (κ3) is 1.75. The molecule has 0 fully saturated rings. The number of rotatable bonds is 2. The van der Waals surface area contributed by atoms with E-state index in [1.807, 2.05) is 6.07 Å². The van der Waals surface area contributed by atoms with Crippen molar-refractivity contribution in [1.29, 1.82) is 0 Å². The highest BCUT2D eigenvalue weighted by atomic mass is 15.3. The largest absolute Gasteiger partial charge is 0.307 e. The summed E-state index contributed by atoms with van der Waals surface area (Å²) in [5, 5.41) is 0. The van der Waals surface area contributed by atoms with Crippen LogP contribution in [0.4, 0.5) is 5.82 Å². The van der Waals surface area contributed by atoms with Crippen LogP contribution in [0.25, 0.3) is 11.3 Å². The number of anilines is 1. The van der Waals surface area contributed by atoms with Crippen molar-refractivity contribution in [3.63, 3.8) is 0 Å². The van der Waals surface area contributed by atoms with Gasteiger partial charge in [-0.25, -0.2) is 10.8 Å². The number of hydrogen-bond acceptors (Lipinski definition) is 4. The fourth-order valence-corrected chi connectivity index (χ4v) is 1.81. The molecule has 1 aromatic heterocycles. The van der Waals surface area contributed by atoms with Crippen LogP contribution in [0.3, 0.4) is 0 Å². The normalized spacial score (nSPS) is 10.2. The van der Waals surface area contributed by atoms with Crippen molar-refractivity contribution in [1.82, 2.24) is 9.97 Å². The molecular formula is C12H14N4. The van der Waals surface area contributed by atoms with Gasteiger partial charge in [-0.1, -0.05) is 18.2 Å². The molecule has 0 aliphatic carbocycles. The standard InChI is InChI=1S/C12H14N4/c1-8-4-3-5-9(2)10(8)11-12(16-13)15-7-6-14-11/h3-7H,13H2,1-2H3,(H,15,16). The van der Waals surface area contributed by atoms with E-state index >= 15 is 0 Å². The van der Waals surface area contributed by atoms with E-state index in [2.05, 4.69) is 41.4 Å². The Morgan fingerprint density at radius 3 is 2.31 bits per heavy atom. The first-order valence-corrected chi connectivity index (χ1v) is 5.08. The molecule has 0 unspecified atom stereocenters. The summed E-state index contributed by atoms with van der Waals surface area (Å²) in [6.45, 7) is 4.11. The molecule has 4 heteroatoms. The van der Waals surface area contributed by atoms with Crippen molar-refractivity contribution < 1.29 is 0 Å². The molecule has 0 atom stereocenters. The van der Waals surface area contributed by atoms with Crippen molar-refractivity contribution in [2.45, 2.75) is 13.8 Å². The average molecular weight is 214 g/mol. The third-order valence-corrected chi connectivity index (χ3v) is 2.55. The van der Waals surface area contributed by atoms with Crippen LogP contribution in [0.15, 0.2) is 30.6 Å². The topological polar surface area (TPSA) is 63.8 Å². The van der Waals surface area contributed by atoms with Crippen LogP contribution in [0.1, 0.15) is 11.1 Å². The van der Waals surface area contributed by atoms with Crippen molar-refractivity contribution >= 4 is 5.82 Å². The smallest absolute Gasteiger partial charge is 0.166 e. The van der Waals surface area contributed by atoms with Crippen molar-refractivity contribution in [3.05, 3.63) is 41.7 Å². The predicted molar refractivity (Wildman–Crippen MR) is 64.8 cm³/mol. The lowest BCUT2D eigenvalue weighted by Gasteiger charge is -2.11. The maximum absolute atomic E-state index is 5.44. The SMILES string of the molecule is Cc1cccc(C)c1-c1nccnc1NN. The summed E-state index contributed by atoms with van der Waals surface area (Å²) in [4.78, 5) is 8.49. The monoisotopic (exact) mass is 214 g/mol. The van der Waals surface area contributed by atoms with Gasteiger partial charge in [-0.2, -0.15) is 0 Å². The molecule has 4 nitrogen and oxygen atoms in total. The molecule has 0 aliphatic rings. The number of nitrogen functional groups attached to an aromatic ring is 1. The van der Waals surface area contributed by atoms with Gasteiger partial charge in [-0.05, 0) is 25.0 Å². The maximum atomic E-state index is 5.44. The Morgan fingerprint density at radius 1 is 1.06 bits per heavy atom. The van der Waals surface area contributed by atoms with E-state index in [-0.39, 0.29) is 0 Å². The van der Waals surface area contributed by atoms with Crippen LogP contribution in [0.5, 0.6) is 0 Å². The van der Waals surface area contributed by atoms with Crippen LogP contribution in [-0.2, 0) is 0 Å². The number of hydrazine groups is 1. The first kappa shape index (κ1) is 10.6. The summed E-state index contributed by atoms with van der Waals surface area (Å²) in [5.41, 5.74) is 6.78. The van der Waals surface area contributed by atoms with Gasteiger partial charge in [0.2, 0.25) is 0 Å². The fourth-order valence-electron chi connectivity index (χ4n) is 1.81. The van der Waals surface area contributed by atoms with Crippen LogP contribution in [0, 0.1) is 13.8 Å². The van der Waals surface area contributed by atoms with E-state index in [4.69, 9.17) is 5.84 Å². The highest BCUT2D eigenvalue weighted by Crippen LogP contribution is 2.29. The summed E-state index contributed by atoms with van der Waals surface area (Å²) >= 11 is 0. The molecule has 3 N–H and O–H groups in total. The lowest BCUT2D eigenvalue weighted by molar-refractivity contribution is 1.15. The van der Waals surface area contributed by atoms with Crippen LogP contribution in [-0.4, -0.2) is 9.97 Å². The summed E-state index contributed by atoms with van der Waals surface area (Å²) in [5.74, 6) is 6.03. The Labute approximate surface area is 94.5 Å². The first-order valence-electron chi connectivity index (χ1n) is 5.08. The Hall–Kier alpha value is -1.94. The summed E-state index contributed by atoms with van der Waals surface area (Å²) in [6, 6.07) is 6.13. The number of nitrogens with zero attached hydrogens (tertiary/aromatic N) is 2. The number of nitrogens with two attached hydrogens (primary N) is 1. The van der Waals surface area contributed by atoms with Gasteiger partial charge in [0.1, 0.15) is 5.69 Å². The minimum atomic E-state index is 0.597. The van der Waals surface area contributed by atoms with E-state index < -0.39 is 0 Å². The zero-order valence-corrected chi connectivity index (χ0v) is 9.36. The predicted octanol–water partition coefficient (Wildman–Crippen LogP) is 2.05. The molecule has 0 radical (unpaired) electrons. The average Bonchev–Trinajstić information content (AvgIpc) is 2.29. The molecule has 16 heavy (non-hydrogen) atoms. The van der Waals surface area contributed by atoms with Gasteiger partial charge in [0.15, 0.2) is 5.82 Å². The molecule has 2 rings (SSSR count). The second-order valence-corrected chi connectivity index (χ2v) is 3.66. The molecule has 0 aliphatic heterocycles. The highest BCUT2D eigenvalue weighted by Gasteiger charge is 2.11. The third-order valence-electron chi connectivity index (χ3n) is 2.55. The maximum Gasteiger partial charge on any atom is 0.166 e. The van der Waals surface area contributed by atoms with Gasteiger partial charge in [-0.3, -0.25) is 4.98 Å². The van der Waals surface area contributed by atoms with Gasteiger partial charge in [0.25, 0.3) is 0 Å². The molecule has 1 heterocycles. The number of aryl methyl sites for hydroxylation is 2. The second kappa shape index (κ2) is 4.28. The van der Waals surface area contributed by atoms with E-state index in [0.717, 1.165) is 22.4 Å². The molecule has 1 aromatic carbocycles. The molecule has 0 saturated heterocycles. The van der Waals surface area contributed by atoms with Crippen LogP contribution >= 0.6 is 0 Å². The van der Waals surface area contributed by atoms with Crippen molar-refractivity contribution in [2.24, 2.45) is 5.84 Å². The number of hydrogen-bond donors (Lipinski definition) is 2. The second-order valence-electron chi connectivity index (χ2n) is 3.66. The first-order chi connectivity index (χ1) is 7.74. The van der Waals surface area contributed by atoms with E-state index in [0.29, 0.717) is 5.82 Å². The molecule has 2 aromatic rings. The molecule has 0 spiro atoms. The summed E-state index contributed by atoms with van der Waals surface area (Å²) in [7, 11) is 0. The van der Waals surface area contributed by atoms with E-state index in [1.165, 1.54) is 0 Å². The van der Waals surface area contributed by atoms with Gasteiger partial charge < -0.3 is 5.43 Å². The Balaban J connectivity index is 2.67. The van der Waals surface area contributed by atoms with Gasteiger partial charge >= 0.3 is 0 Å². The highest BCUT2D eigenvalue weighted by molar-refractivity contribution is 5.75. The minimum Gasteiger partial charge on any atom is -0.307 e. The van der Waals surface area contributed by atoms with Crippen LogP contribution in [0.2, 0.25) is 0 Å². The van der Waals surface area contributed by atoms with Crippen molar-refractivity contribution in [2.75, 3.05) is 5.43 Å². The fraction of sp³-hybridized carbons (Fsp3) is 0.167. The minimum absolute atomic E-state index is 0.597. The Bertz CT molecular complexity index is 488. The number of nitrogens with one attached hydrogen (secondary N) is 1. The molecule has 0 bridgehead atoms. The lowest BCUT2D eigenvalue weighted by atomic mass is 10.00. The molecule has 0 saturated carbocycles. The number of benzene rings is 1. The Morgan fingerprint density at radius 2 is 1.69 bits per heavy atom. The van der Waals surface area contributed by atoms with Crippen LogP contribution < -0.4 is 11.3 Å². The van der Waals surface area contributed by atoms with E-state index in [1.54, 1.807) is 12.4 Å². The lowest BCUT2D eigenvalue weighted by Crippen LogP contribution is -2.11. The zero-order chi connectivity index (χ0) is 11.5. The van der Waals surface area contributed by atoms with Crippen molar-refractivity contribution in [3.8, 4) is 11.3 Å². The van der Waals surface area contributed by atoms with E-state index in [9.17, 15) is 0 Å². The van der Waals surface area contributed by atoms with Gasteiger partial charge in [-0.15, -0.1) is 0 Å².